The number of carbonyl (C=O) groups is 1. The number of rotatable bonds is 6. The first-order chi connectivity index (χ1) is 15.2. The quantitative estimate of drug-likeness (QED) is 0.328. The lowest BCUT2D eigenvalue weighted by molar-refractivity contribution is 0.0696. The minimum atomic E-state index is -0.902. The van der Waals surface area contributed by atoms with E-state index in [1.54, 1.807) is 23.9 Å². The molecule has 4 nitrogen and oxygen atoms in total. The first kappa shape index (κ1) is 19.4. The smallest absolute Gasteiger partial charge is 0.335 e. The van der Waals surface area contributed by atoms with Gasteiger partial charge < -0.3 is 9.67 Å². The summed E-state index contributed by atoms with van der Waals surface area (Å²) in [7, 11) is 0. The van der Waals surface area contributed by atoms with Crippen molar-refractivity contribution in [2.24, 2.45) is 0 Å². The number of hydrogen-bond acceptors (Lipinski definition) is 3. The van der Waals surface area contributed by atoms with E-state index in [2.05, 4.69) is 53.1 Å². The van der Waals surface area contributed by atoms with E-state index in [0.717, 1.165) is 21.8 Å². The van der Waals surface area contributed by atoms with Crippen molar-refractivity contribution < 1.29 is 9.90 Å². The van der Waals surface area contributed by atoms with Gasteiger partial charge in [-0.1, -0.05) is 78.5 Å². The minimum absolute atomic E-state index is 0.340. The van der Waals surface area contributed by atoms with E-state index in [1.807, 2.05) is 30.3 Å². The molecule has 0 aliphatic rings. The molecule has 0 spiro atoms. The van der Waals surface area contributed by atoms with Crippen LogP contribution in [-0.2, 0) is 12.3 Å². The molecule has 0 aliphatic carbocycles. The third kappa shape index (κ3) is 3.92. The number of thioether (sulfide) groups is 1. The van der Waals surface area contributed by atoms with Gasteiger partial charge in [0.15, 0.2) is 5.16 Å². The first-order valence-electron chi connectivity index (χ1n) is 10.1. The van der Waals surface area contributed by atoms with E-state index in [1.165, 1.54) is 16.3 Å². The topological polar surface area (TPSA) is 55.1 Å². The van der Waals surface area contributed by atoms with Gasteiger partial charge in [-0.3, -0.25) is 0 Å². The van der Waals surface area contributed by atoms with E-state index in [4.69, 9.17) is 4.98 Å². The van der Waals surface area contributed by atoms with Crippen LogP contribution in [0.2, 0.25) is 0 Å². The second kappa shape index (κ2) is 8.28. The summed E-state index contributed by atoms with van der Waals surface area (Å²) in [6.45, 7) is 0.703. The molecular formula is C26H20N2O2S. The summed E-state index contributed by atoms with van der Waals surface area (Å²) in [6, 6.07) is 30.1. The number of benzene rings is 4. The number of carboxylic acid groups (broad SMARTS) is 1. The summed E-state index contributed by atoms with van der Waals surface area (Å²) in [5.41, 5.74) is 4.35. The molecule has 0 fully saturated rings. The molecule has 4 aromatic carbocycles. The summed E-state index contributed by atoms with van der Waals surface area (Å²) in [5, 5.41) is 12.8. The van der Waals surface area contributed by atoms with Crippen LogP contribution >= 0.6 is 11.8 Å². The Morgan fingerprint density at radius 3 is 2.48 bits per heavy atom. The zero-order valence-electron chi connectivity index (χ0n) is 16.7. The van der Waals surface area contributed by atoms with Crippen LogP contribution in [0, 0.1) is 0 Å². The van der Waals surface area contributed by atoms with E-state index in [0.29, 0.717) is 17.9 Å². The molecule has 1 N–H and O–H groups in total. The van der Waals surface area contributed by atoms with Gasteiger partial charge in [0.2, 0.25) is 0 Å². The second-order valence-electron chi connectivity index (χ2n) is 7.40. The Morgan fingerprint density at radius 1 is 0.871 bits per heavy atom. The van der Waals surface area contributed by atoms with Crippen LogP contribution in [-0.4, -0.2) is 20.6 Å². The lowest BCUT2D eigenvalue weighted by atomic mass is 10.1. The van der Waals surface area contributed by atoms with Crippen molar-refractivity contribution in [1.29, 1.82) is 0 Å². The number of para-hydroxylation sites is 2. The van der Waals surface area contributed by atoms with Crippen LogP contribution in [0.3, 0.4) is 0 Å². The van der Waals surface area contributed by atoms with Gasteiger partial charge in [0, 0.05) is 5.75 Å². The van der Waals surface area contributed by atoms with E-state index in [-0.39, 0.29) is 0 Å². The largest absolute Gasteiger partial charge is 0.478 e. The fourth-order valence-corrected chi connectivity index (χ4v) is 4.85. The number of nitrogens with zero attached hydrogens (tertiary/aromatic N) is 2. The van der Waals surface area contributed by atoms with Crippen LogP contribution in [0.5, 0.6) is 0 Å². The number of hydrogen-bond donors (Lipinski definition) is 1. The summed E-state index contributed by atoms with van der Waals surface area (Å²) in [4.78, 5) is 16.4. The minimum Gasteiger partial charge on any atom is -0.478 e. The van der Waals surface area contributed by atoms with Crippen molar-refractivity contribution in [2.75, 3.05) is 0 Å². The first-order valence-corrected chi connectivity index (χ1v) is 11.0. The van der Waals surface area contributed by atoms with Gasteiger partial charge >= 0.3 is 5.97 Å². The maximum absolute atomic E-state index is 11.6. The highest BCUT2D eigenvalue weighted by molar-refractivity contribution is 7.98. The third-order valence-electron chi connectivity index (χ3n) is 5.38. The van der Waals surface area contributed by atoms with Gasteiger partial charge in [0.05, 0.1) is 23.1 Å². The molecule has 152 valence electrons. The molecule has 5 aromatic rings. The van der Waals surface area contributed by atoms with Gasteiger partial charge in [-0.25, -0.2) is 9.78 Å². The van der Waals surface area contributed by atoms with Crippen molar-refractivity contribution in [3.8, 4) is 0 Å². The molecule has 0 radical (unpaired) electrons. The molecule has 1 aromatic heterocycles. The molecular weight excluding hydrogens is 404 g/mol. The highest BCUT2D eigenvalue weighted by Crippen LogP contribution is 2.29. The molecule has 1 heterocycles. The number of aromatic nitrogens is 2. The molecule has 31 heavy (non-hydrogen) atoms. The number of aromatic carboxylic acids is 1. The van der Waals surface area contributed by atoms with Crippen molar-refractivity contribution in [3.63, 3.8) is 0 Å². The van der Waals surface area contributed by atoms with Crippen molar-refractivity contribution in [2.45, 2.75) is 17.5 Å². The Labute approximate surface area is 184 Å². The summed E-state index contributed by atoms with van der Waals surface area (Å²) >= 11 is 1.57. The normalized spacial score (nSPS) is 11.2. The average Bonchev–Trinajstić information content (AvgIpc) is 3.15. The predicted molar refractivity (Wildman–Crippen MR) is 126 cm³/mol. The lowest BCUT2D eigenvalue weighted by Gasteiger charge is -2.11. The lowest BCUT2D eigenvalue weighted by Crippen LogP contribution is -2.03. The average molecular weight is 425 g/mol. The molecule has 0 saturated carbocycles. The fraction of sp³-hybridized carbons (Fsp3) is 0.0769. The summed E-state index contributed by atoms with van der Waals surface area (Å²) in [5.74, 6) is -0.357. The predicted octanol–water partition coefficient (Wildman–Crippen LogP) is 6.23. The molecule has 0 amide bonds. The molecule has 0 unspecified atom stereocenters. The van der Waals surface area contributed by atoms with Crippen LogP contribution in [0.25, 0.3) is 21.8 Å². The number of fused-ring (bicyclic) bond motifs is 2. The summed E-state index contributed by atoms with van der Waals surface area (Å²) in [6.07, 6.45) is 0. The fourth-order valence-electron chi connectivity index (χ4n) is 3.83. The van der Waals surface area contributed by atoms with Gasteiger partial charge in [-0.2, -0.15) is 0 Å². The van der Waals surface area contributed by atoms with Crippen LogP contribution in [0.4, 0.5) is 0 Å². The number of carboxylic acids is 1. The van der Waals surface area contributed by atoms with E-state index >= 15 is 0 Å². The second-order valence-corrected chi connectivity index (χ2v) is 8.34. The monoisotopic (exact) mass is 424 g/mol. The van der Waals surface area contributed by atoms with Crippen molar-refractivity contribution >= 4 is 39.5 Å². The highest BCUT2D eigenvalue weighted by atomic mass is 32.2. The zero-order valence-corrected chi connectivity index (χ0v) is 17.5. The molecule has 0 aliphatic heterocycles. The van der Waals surface area contributed by atoms with E-state index in [9.17, 15) is 9.90 Å². The van der Waals surface area contributed by atoms with Gasteiger partial charge in [0.25, 0.3) is 0 Å². The molecule has 5 rings (SSSR count). The Morgan fingerprint density at radius 2 is 1.61 bits per heavy atom. The Kier molecular flexibility index (Phi) is 5.18. The van der Waals surface area contributed by atoms with Crippen molar-refractivity contribution in [3.05, 3.63) is 108 Å². The summed E-state index contributed by atoms with van der Waals surface area (Å²) < 4.78 is 2.22. The highest BCUT2D eigenvalue weighted by Gasteiger charge is 2.14. The van der Waals surface area contributed by atoms with E-state index < -0.39 is 5.97 Å². The molecule has 5 heteroatoms. The Hall–Kier alpha value is -3.57. The molecule has 0 bridgehead atoms. The number of imidazole rings is 1. The Balaban J connectivity index is 1.50. The van der Waals surface area contributed by atoms with Crippen LogP contribution < -0.4 is 0 Å². The standard InChI is InChI=1S/C26H20N2O2S/c29-25(30)22-10-4-3-9-21(22)17-31-26-27-23-11-5-6-12-24(23)28(26)16-18-13-14-19-7-1-2-8-20(19)15-18/h1-15H,16-17H2,(H,29,30). The van der Waals surface area contributed by atoms with Crippen molar-refractivity contribution in [1.82, 2.24) is 9.55 Å². The van der Waals surface area contributed by atoms with Gasteiger partial charge in [-0.15, -0.1) is 0 Å². The maximum atomic E-state index is 11.6. The zero-order chi connectivity index (χ0) is 21.2. The van der Waals surface area contributed by atoms with Gasteiger partial charge in [-0.05, 0) is 46.2 Å². The van der Waals surface area contributed by atoms with Gasteiger partial charge in [0.1, 0.15) is 0 Å². The third-order valence-corrected chi connectivity index (χ3v) is 6.40. The molecule has 0 atom stereocenters. The molecule has 0 saturated heterocycles. The van der Waals surface area contributed by atoms with Crippen LogP contribution in [0.1, 0.15) is 21.5 Å². The Bertz CT molecular complexity index is 1410. The maximum Gasteiger partial charge on any atom is 0.335 e. The SMILES string of the molecule is O=C(O)c1ccccc1CSc1nc2ccccc2n1Cc1ccc2ccccc2c1. The van der Waals surface area contributed by atoms with Crippen LogP contribution in [0.15, 0.2) is 96.2 Å².